The summed E-state index contributed by atoms with van der Waals surface area (Å²) in [5.41, 5.74) is 3.93. The van der Waals surface area contributed by atoms with Crippen molar-refractivity contribution in [2.24, 2.45) is 16.8 Å². The summed E-state index contributed by atoms with van der Waals surface area (Å²) in [5.74, 6) is -1.92. The van der Waals surface area contributed by atoms with E-state index in [4.69, 9.17) is 0 Å². The number of carboxylic acid groups (broad SMARTS) is 1. The lowest BCUT2D eigenvalue weighted by molar-refractivity contribution is -0.148. The molecular formula is C26H27N7O3S. The molecule has 1 saturated carbocycles. The van der Waals surface area contributed by atoms with Crippen LogP contribution < -0.4 is 4.80 Å². The van der Waals surface area contributed by atoms with Gasteiger partial charge in [0, 0.05) is 5.56 Å². The van der Waals surface area contributed by atoms with Crippen molar-refractivity contribution in [1.82, 2.24) is 30.4 Å². The molecule has 2 aromatic heterocycles. The molecule has 0 radical (unpaired) electrons. The average Bonchev–Trinajstić information content (AvgIpc) is 3.60. The number of nitrogens with one attached hydrogen (secondary N) is 1. The van der Waals surface area contributed by atoms with Crippen molar-refractivity contribution in [3.8, 4) is 22.5 Å². The van der Waals surface area contributed by atoms with E-state index in [0.29, 0.717) is 30.0 Å². The Kier molecular flexibility index (Phi) is 7.31. The van der Waals surface area contributed by atoms with E-state index in [0.717, 1.165) is 46.5 Å². The summed E-state index contributed by atoms with van der Waals surface area (Å²) in [6.07, 6.45) is 3.48. The van der Waals surface area contributed by atoms with Gasteiger partial charge in [0.2, 0.25) is 4.80 Å². The SMILES string of the molecule is CCc1nn(Cc2ccc(-c3ccccc3-c3nnn[nH]3)cc2)c(=NC(=O)[C@@H]2CCCC[C@H]2C(=O)O)s1. The minimum absolute atomic E-state index is 0.360. The number of carbonyl (C=O) groups excluding carboxylic acids is 1. The number of aromatic amines is 1. The van der Waals surface area contributed by atoms with Crippen molar-refractivity contribution in [3.05, 3.63) is 63.9 Å². The largest absolute Gasteiger partial charge is 0.481 e. The summed E-state index contributed by atoms with van der Waals surface area (Å²) in [6, 6.07) is 16.0. The Labute approximate surface area is 217 Å². The number of H-pyrrole nitrogens is 1. The van der Waals surface area contributed by atoms with Gasteiger partial charge >= 0.3 is 5.97 Å². The molecule has 4 aromatic rings. The van der Waals surface area contributed by atoms with E-state index in [1.807, 2.05) is 55.5 Å². The van der Waals surface area contributed by atoms with Crippen LogP contribution in [0.5, 0.6) is 0 Å². The van der Waals surface area contributed by atoms with E-state index < -0.39 is 17.8 Å². The van der Waals surface area contributed by atoms with E-state index >= 15 is 0 Å². The Morgan fingerprint density at radius 1 is 1.08 bits per heavy atom. The van der Waals surface area contributed by atoms with Crippen LogP contribution in [0.4, 0.5) is 0 Å². The minimum Gasteiger partial charge on any atom is -0.481 e. The van der Waals surface area contributed by atoms with Gasteiger partial charge < -0.3 is 5.11 Å². The maximum absolute atomic E-state index is 13.0. The van der Waals surface area contributed by atoms with Crippen LogP contribution in [-0.2, 0) is 22.6 Å². The normalized spacial score (nSPS) is 18.1. The van der Waals surface area contributed by atoms with Crippen LogP contribution in [0.1, 0.15) is 43.2 Å². The summed E-state index contributed by atoms with van der Waals surface area (Å²) >= 11 is 1.38. The zero-order valence-electron chi connectivity index (χ0n) is 20.4. The molecule has 2 atom stereocenters. The van der Waals surface area contributed by atoms with Crippen molar-refractivity contribution in [1.29, 1.82) is 0 Å². The standard InChI is InChI=1S/C26H27N7O3S/c1-2-22-30-33(26(37-22)27-24(34)20-9-5-6-10-21(20)25(35)36)15-16-11-13-17(14-12-16)18-7-3-4-8-19(18)23-28-31-32-29-23/h3-4,7-8,11-14,20-21H,2,5-6,9-10,15H2,1H3,(H,35,36)(H,28,29,31,32)/t20-,21-/m1/s1. The highest BCUT2D eigenvalue weighted by atomic mass is 32.1. The molecule has 1 aliphatic carbocycles. The number of carboxylic acids is 1. The lowest BCUT2D eigenvalue weighted by Gasteiger charge is -2.25. The molecular weight excluding hydrogens is 490 g/mol. The summed E-state index contributed by atoms with van der Waals surface area (Å²) in [5, 5.41) is 29.3. The molecule has 2 aromatic carbocycles. The predicted octanol–water partition coefficient (Wildman–Crippen LogP) is 3.72. The Bertz CT molecular complexity index is 1460. The van der Waals surface area contributed by atoms with E-state index in [1.165, 1.54) is 11.3 Å². The lowest BCUT2D eigenvalue weighted by atomic mass is 9.79. The number of nitrogens with zero attached hydrogens (tertiary/aromatic N) is 6. The molecule has 1 fully saturated rings. The summed E-state index contributed by atoms with van der Waals surface area (Å²) in [4.78, 5) is 29.6. The fourth-order valence-electron chi connectivity index (χ4n) is 4.76. The fourth-order valence-corrected chi connectivity index (χ4v) is 5.60. The predicted molar refractivity (Wildman–Crippen MR) is 137 cm³/mol. The molecule has 0 bridgehead atoms. The Morgan fingerprint density at radius 3 is 2.49 bits per heavy atom. The first-order chi connectivity index (χ1) is 18.0. The van der Waals surface area contributed by atoms with Crippen LogP contribution in [0.2, 0.25) is 0 Å². The molecule has 0 aliphatic heterocycles. The number of aromatic nitrogens is 6. The molecule has 190 valence electrons. The zero-order valence-corrected chi connectivity index (χ0v) is 21.2. The van der Waals surface area contributed by atoms with Gasteiger partial charge in [-0.05, 0) is 46.4 Å². The van der Waals surface area contributed by atoms with Gasteiger partial charge in [0.15, 0.2) is 5.82 Å². The van der Waals surface area contributed by atoms with Crippen LogP contribution in [-0.4, -0.2) is 47.4 Å². The number of hydrogen-bond acceptors (Lipinski definition) is 7. The molecule has 2 N–H and O–H groups in total. The number of aryl methyl sites for hydroxylation is 1. The van der Waals surface area contributed by atoms with Crippen LogP contribution in [0.3, 0.4) is 0 Å². The Morgan fingerprint density at radius 2 is 1.81 bits per heavy atom. The monoisotopic (exact) mass is 517 g/mol. The van der Waals surface area contributed by atoms with E-state index in [1.54, 1.807) is 4.68 Å². The Balaban J connectivity index is 1.40. The first-order valence-corrected chi connectivity index (χ1v) is 13.2. The van der Waals surface area contributed by atoms with Gasteiger partial charge in [-0.15, -0.1) is 5.10 Å². The van der Waals surface area contributed by atoms with E-state index in [2.05, 4.69) is 30.7 Å². The molecule has 1 aliphatic rings. The van der Waals surface area contributed by atoms with Gasteiger partial charge in [-0.25, -0.2) is 9.78 Å². The Hall–Kier alpha value is -3.99. The van der Waals surface area contributed by atoms with Gasteiger partial charge in [-0.2, -0.15) is 10.1 Å². The third kappa shape index (κ3) is 5.41. The molecule has 37 heavy (non-hydrogen) atoms. The molecule has 11 heteroatoms. The highest BCUT2D eigenvalue weighted by molar-refractivity contribution is 7.08. The van der Waals surface area contributed by atoms with Gasteiger partial charge in [-0.3, -0.25) is 9.59 Å². The maximum atomic E-state index is 13.0. The number of aliphatic carboxylic acids is 1. The summed E-state index contributed by atoms with van der Waals surface area (Å²) < 4.78 is 1.74. The second kappa shape index (κ2) is 11.0. The van der Waals surface area contributed by atoms with Crippen molar-refractivity contribution in [2.45, 2.75) is 45.6 Å². The van der Waals surface area contributed by atoms with Crippen LogP contribution in [0.25, 0.3) is 22.5 Å². The zero-order chi connectivity index (χ0) is 25.8. The van der Waals surface area contributed by atoms with E-state index in [-0.39, 0.29) is 5.91 Å². The smallest absolute Gasteiger partial charge is 0.307 e. The highest BCUT2D eigenvalue weighted by Crippen LogP contribution is 2.31. The quantitative estimate of drug-likeness (QED) is 0.381. The van der Waals surface area contributed by atoms with Gasteiger partial charge in [0.25, 0.3) is 5.91 Å². The number of amides is 1. The second-order valence-corrected chi connectivity index (χ2v) is 10.1. The molecule has 2 heterocycles. The van der Waals surface area contributed by atoms with Crippen LogP contribution in [0, 0.1) is 11.8 Å². The number of hydrogen-bond donors (Lipinski definition) is 2. The van der Waals surface area contributed by atoms with Crippen molar-refractivity contribution >= 4 is 23.2 Å². The molecule has 0 saturated heterocycles. The maximum Gasteiger partial charge on any atom is 0.307 e. The number of rotatable bonds is 7. The molecule has 10 nitrogen and oxygen atoms in total. The third-order valence-corrected chi connectivity index (χ3v) is 7.79. The summed E-state index contributed by atoms with van der Waals surface area (Å²) in [6.45, 7) is 2.45. The molecule has 1 amide bonds. The fraction of sp³-hybridized carbons (Fsp3) is 0.346. The first-order valence-electron chi connectivity index (χ1n) is 12.3. The van der Waals surface area contributed by atoms with Crippen molar-refractivity contribution in [2.75, 3.05) is 0 Å². The van der Waals surface area contributed by atoms with Crippen LogP contribution in [0.15, 0.2) is 53.5 Å². The minimum atomic E-state index is -0.916. The van der Waals surface area contributed by atoms with Crippen LogP contribution >= 0.6 is 11.3 Å². The van der Waals surface area contributed by atoms with Crippen molar-refractivity contribution < 1.29 is 14.7 Å². The topological polar surface area (TPSA) is 139 Å². The highest BCUT2D eigenvalue weighted by Gasteiger charge is 2.35. The number of tetrazole rings is 1. The van der Waals surface area contributed by atoms with Gasteiger partial charge in [-0.1, -0.05) is 79.6 Å². The molecule has 5 rings (SSSR count). The second-order valence-electron chi connectivity index (χ2n) is 9.07. The number of benzene rings is 2. The number of carbonyl (C=O) groups is 2. The van der Waals surface area contributed by atoms with Crippen molar-refractivity contribution in [3.63, 3.8) is 0 Å². The average molecular weight is 518 g/mol. The summed E-state index contributed by atoms with van der Waals surface area (Å²) in [7, 11) is 0. The molecule has 0 spiro atoms. The van der Waals surface area contributed by atoms with E-state index in [9.17, 15) is 14.7 Å². The molecule has 0 unspecified atom stereocenters. The van der Waals surface area contributed by atoms with Gasteiger partial charge in [0.05, 0.1) is 18.4 Å². The lowest BCUT2D eigenvalue weighted by Crippen LogP contribution is -2.33. The first kappa shape index (κ1) is 24.7. The van der Waals surface area contributed by atoms with Gasteiger partial charge in [0.1, 0.15) is 5.01 Å². The third-order valence-electron chi connectivity index (χ3n) is 6.70.